The van der Waals surface area contributed by atoms with Gasteiger partial charge in [0.05, 0.1) is 16.4 Å². The summed E-state index contributed by atoms with van der Waals surface area (Å²) in [6, 6.07) is 9.62. The number of nitro groups is 1. The fraction of sp³-hybridized carbons (Fsp3) is 0.200. The highest BCUT2D eigenvalue weighted by Crippen LogP contribution is 2.38. The fourth-order valence-electron chi connectivity index (χ4n) is 2.11. The van der Waals surface area contributed by atoms with E-state index in [1.807, 2.05) is 0 Å². The molecule has 0 spiro atoms. The van der Waals surface area contributed by atoms with E-state index in [-0.39, 0.29) is 5.69 Å². The van der Waals surface area contributed by atoms with Crippen molar-refractivity contribution in [3.8, 4) is 0 Å². The summed E-state index contributed by atoms with van der Waals surface area (Å²) in [5, 5.41) is 20.7. The van der Waals surface area contributed by atoms with Gasteiger partial charge in [0.25, 0.3) is 5.69 Å². The van der Waals surface area contributed by atoms with Crippen LogP contribution in [0.5, 0.6) is 0 Å². The minimum Gasteiger partial charge on any atom is -0.375 e. The Kier molecular flexibility index (Phi) is 5.35. The Morgan fingerprint density at radius 2 is 1.58 bits per heavy atom. The number of nitrogens with zero attached hydrogens (tertiary/aromatic N) is 1. The quantitative estimate of drug-likeness (QED) is 0.581. The average Bonchev–Trinajstić information content (AvgIpc) is 2.59. The predicted molar refractivity (Wildman–Crippen MR) is 84.7 cm³/mol. The SMILES string of the molecule is O=[N+]([O-])c1ccc(S(=O)(=O)NCC(O)(c2ccccc2)C(F)(F)F)cc1. The second-order valence-corrected chi connectivity index (χ2v) is 7.07. The number of non-ortho nitro benzene ring substituents is 1. The summed E-state index contributed by atoms with van der Waals surface area (Å²) in [5.74, 6) is 0. The van der Waals surface area contributed by atoms with E-state index in [2.05, 4.69) is 0 Å². The number of alkyl halides is 3. The molecular weight excluding hydrogens is 377 g/mol. The highest BCUT2D eigenvalue weighted by molar-refractivity contribution is 7.89. The van der Waals surface area contributed by atoms with Gasteiger partial charge in [0.1, 0.15) is 0 Å². The predicted octanol–water partition coefficient (Wildman–Crippen LogP) is 2.32. The van der Waals surface area contributed by atoms with Crippen LogP contribution in [0.4, 0.5) is 18.9 Å². The van der Waals surface area contributed by atoms with Gasteiger partial charge in [0.15, 0.2) is 5.60 Å². The first-order chi connectivity index (χ1) is 12.0. The smallest absolute Gasteiger partial charge is 0.375 e. The zero-order valence-corrected chi connectivity index (χ0v) is 13.8. The molecule has 0 aromatic heterocycles. The molecule has 0 fully saturated rings. The van der Waals surface area contributed by atoms with Crippen LogP contribution < -0.4 is 4.72 Å². The second-order valence-electron chi connectivity index (χ2n) is 5.30. The van der Waals surface area contributed by atoms with E-state index in [0.29, 0.717) is 0 Å². The van der Waals surface area contributed by atoms with Crippen molar-refractivity contribution in [1.82, 2.24) is 4.72 Å². The van der Waals surface area contributed by atoms with Gasteiger partial charge in [-0.1, -0.05) is 30.3 Å². The molecule has 0 amide bonds. The van der Waals surface area contributed by atoms with Gasteiger partial charge in [-0.3, -0.25) is 10.1 Å². The Morgan fingerprint density at radius 3 is 2.04 bits per heavy atom. The number of halogens is 3. The molecule has 2 aromatic rings. The number of aliphatic hydroxyl groups is 1. The topological polar surface area (TPSA) is 110 Å². The summed E-state index contributed by atoms with van der Waals surface area (Å²) < 4.78 is 66.1. The van der Waals surface area contributed by atoms with E-state index in [0.717, 1.165) is 36.4 Å². The molecule has 2 rings (SSSR count). The standard InChI is InChI=1S/C15H13F3N2O5S/c16-15(17,18)14(21,11-4-2-1-3-5-11)10-19-26(24,25)13-8-6-12(7-9-13)20(22)23/h1-9,19,21H,10H2. The van der Waals surface area contributed by atoms with Gasteiger partial charge in [-0.05, 0) is 17.7 Å². The Bertz CT molecular complexity index is 886. The van der Waals surface area contributed by atoms with E-state index in [9.17, 15) is 36.8 Å². The molecule has 11 heteroatoms. The Balaban J connectivity index is 2.29. The van der Waals surface area contributed by atoms with Crippen molar-refractivity contribution in [1.29, 1.82) is 0 Å². The lowest BCUT2D eigenvalue weighted by Gasteiger charge is -2.31. The van der Waals surface area contributed by atoms with Crippen molar-refractivity contribution in [2.75, 3.05) is 6.54 Å². The van der Waals surface area contributed by atoms with Crippen molar-refractivity contribution in [3.05, 3.63) is 70.3 Å². The molecule has 1 atom stereocenters. The van der Waals surface area contributed by atoms with Gasteiger partial charge in [-0.2, -0.15) is 13.2 Å². The molecule has 26 heavy (non-hydrogen) atoms. The van der Waals surface area contributed by atoms with E-state index in [1.54, 1.807) is 4.72 Å². The summed E-state index contributed by atoms with van der Waals surface area (Å²) in [6.07, 6.45) is -5.15. The molecule has 7 nitrogen and oxygen atoms in total. The van der Waals surface area contributed by atoms with Gasteiger partial charge in [0.2, 0.25) is 10.0 Å². The third-order valence-corrected chi connectivity index (χ3v) is 5.01. The first-order valence-corrected chi connectivity index (χ1v) is 8.54. The third kappa shape index (κ3) is 4.00. The Morgan fingerprint density at radius 1 is 1.04 bits per heavy atom. The van der Waals surface area contributed by atoms with Crippen LogP contribution >= 0.6 is 0 Å². The molecule has 0 bridgehead atoms. The van der Waals surface area contributed by atoms with Crippen molar-refractivity contribution >= 4 is 15.7 Å². The molecule has 0 aliphatic carbocycles. The zero-order chi connectivity index (χ0) is 19.6. The van der Waals surface area contributed by atoms with Crippen LogP contribution in [-0.2, 0) is 15.6 Å². The molecule has 0 saturated heterocycles. The molecule has 0 radical (unpaired) electrons. The van der Waals surface area contributed by atoms with Crippen LogP contribution in [0, 0.1) is 10.1 Å². The van der Waals surface area contributed by atoms with Crippen LogP contribution in [-0.4, -0.2) is 31.2 Å². The van der Waals surface area contributed by atoms with Crippen molar-refractivity contribution in [3.63, 3.8) is 0 Å². The Hall–Kier alpha value is -2.50. The van der Waals surface area contributed by atoms with E-state index in [1.165, 1.54) is 18.2 Å². The largest absolute Gasteiger partial charge is 0.422 e. The lowest BCUT2D eigenvalue weighted by molar-refractivity contribution is -0.384. The summed E-state index contributed by atoms with van der Waals surface area (Å²) in [4.78, 5) is 9.35. The molecule has 2 aromatic carbocycles. The monoisotopic (exact) mass is 390 g/mol. The molecule has 2 N–H and O–H groups in total. The van der Waals surface area contributed by atoms with Gasteiger partial charge in [0, 0.05) is 12.1 Å². The summed E-state index contributed by atoms with van der Waals surface area (Å²) in [5.41, 5.74) is -4.35. The van der Waals surface area contributed by atoms with Crippen molar-refractivity contribution in [2.24, 2.45) is 0 Å². The normalized spacial score (nSPS) is 14.6. The number of nitrogens with one attached hydrogen (secondary N) is 1. The number of sulfonamides is 1. The molecule has 0 aliphatic rings. The van der Waals surface area contributed by atoms with Crippen molar-refractivity contribution < 1.29 is 31.6 Å². The number of hydrogen-bond acceptors (Lipinski definition) is 5. The number of hydrogen-bond donors (Lipinski definition) is 2. The van der Waals surface area contributed by atoms with Gasteiger partial charge >= 0.3 is 6.18 Å². The van der Waals surface area contributed by atoms with Gasteiger partial charge < -0.3 is 5.11 Å². The van der Waals surface area contributed by atoms with Crippen molar-refractivity contribution in [2.45, 2.75) is 16.7 Å². The van der Waals surface area contributed by atoms with E-state index in [4.69, 9.17) is 0 Å². The highest BCUT2D eigenvalue weighted by Gasteiger charge is 2.55. The highest BCUT2D eigenvalue weighted by atomic mass is 32.2. The van der Waals surface area contributed by atoms with Gasteiger partial charge in [-0.25, -0.2) is 13.1 Å². The zero-order valence-electron chi connectivity index (χ0n) is 13.0. The van der Waals surface area contributed by atoms with Crippen LogP contribution in [0.15, 0.2) is 59.5 Å². The summed E-state index contributed by atoms with van der Waals surface area (Å²) in [6.45, 7) is -1.36. The van der Waals surface area contributed by atoms with Crippen LogP contribution in [0.1, 0.15) is 5.56 Å². The molecular formula is C15H13F3N2O5S. The van der Waals surface area contributed by atoms with E-state index < -0.39 is 43.7 Å². The average molecular weight is 390 g/mol. The summed E-state index contributed by atoms with van der Waals surface area (Å²) in [7, 11) is -4.44. The first kappa shape index (κ1) is 19.8. The minimum absolute atomic E-state index is 0.375. The van der Waals surface area contributed by atoms with Crippen LogP contribution in [0.25, 0.3) is 0 Å². The first-order valence-electron chi connectivity index (χ1n) is 7.06. The summed E-state index contributed by atoms with van der Waals surface area (Å²) >= 11 is 0. The number of nitro benzene ring substituents is 1. The molecule has 1 unspecified atom stereocenters. The molecule has 0 heterocycles. The number of benzene rings is 2. The van der Waals surface area contributed by atoms with Gasteiger partial charge in [-0.15, -0.1) is 0 Å². The van der Waals surface area contributed by atoms with E-state index >= 15 is 0 Å². The molecule has 0 aliphatic heterocycles. The molecule has 0 saturated carbocycles. The number of rotatable bonds is 6. The third-order valence-electron chi connectivity index (χ3n) is 3.60. The second kappa shape index (κ2) is 7.02. The molecule has 140 valence electrons. The maximum absolute atomic E-state index is 13.3. The van der Waals surface area contributed by atoms with Crippen LogP contribution in [0.3, 0.4) is 0 Å². The maximum Gasteiger partial charge on any atom is 0.422 e. The lowest BCUT2D eigenvalue weighted by atomic mass is 9.93. The Labute approximate surface area is 146 Å². The maximum atomic E-state index is 13.3. The lowest BCUT2D eigenvalue weighted by Crippen LogP contribution is -2.51. The fourth-order valence-corrected chi connectivity index (χ4v) is 3.17. The minimum atomic E-state index is -5.15. The van der Waals surface area contributed by atoms with Crippen LogP contribution in [0.2, 0.25) is 0 Å².